The lowest BCUT2D eigenvalue weighted by Crippen LogP contribution is -2.14. The molecule has 2 rings (SSSR count). The predicted octanol–water partition coefficient (Wildman–Crippen LogP) is 4.30. The molecule has 144 valence electrons. The third-order valence-corrected chi connectivity index (χ3v) is 4.44. The van der Waals surface area contributed by atoms with Gasteiger partial charge in [0.25, 0.3) is 5.91 Å². The van der Waals surface area contributed by atoms with Crippen LogP contribution in [0.4, 0.5) is 5.69 Å². The van der Waals surface area contributed by atoms with Crippen LogP contribution in [0.15, 0.2) is 47.4 Å². The number of amides is 1. The van der Waals surface area contributed by atoms with Gasteiger partial charge < -0.3 is 19.9 Å². The number of carboxylic acid groups (broad SMARTS) is 1. The van der Waals surface area contributed by atoms with Crippen LogP contribution in [0.5, 0.6) is 11.5 Å². The number of hydrogen-bond acceptors (Lipinski definition) is 5. The van der Waals surface area contributed by atoms with E-state index in [4.69, 9.17) is 14.6 Å². The SMILES string of the molecule is CCOc1cc(C(=O)Nc2ccccc2SC(C)C)ccc1OCC(=O)O. The zero-order valence-corrected chi connectivity index (χ0v) is 16.3. The third-order valence-electron chi connectivity index (χ3n) is 3.35. The lowest BCUT2D eigenvalue weighted by molar-refractivity contribution is -0.139. The van der Waals surface area contributed by atoms with Gasteiger partial charge in [0.2, 0.25) is 0 Å². The molecule has 6 nitrogen and oxygen atoms in total. The number of anilines is 1. The first-order chi connectivity index (χ1) is 12.9. The summed E-state index contributed by atoms with van der Waals surface area (Å²) in [6, 6.07) is 12.3. The van der Waals surface area contributed by atoms with E-state index in [0.717, 1.165) is 10.6 Å². The van der Waals surface area contributed by atoms with Crippen LogP contribution >= 0.6 is 11.8 Å². The Hall–Kier alpha value is -2.67. The second-order valence-corrected chi connectivity index (χ2v) is 7.51. The average Bonchev–Trinajstić information content (AvgIpc) is 2.62. The van der Waals surface area contributed by atoms with E-state index >= 15 is 0 Å². The summed E-state index contributed by atoms with van der Waals surface area (Å²) in [5, 5.41) is 12.1. The molecule has 0 fully saturated rings. The summed E-state index contributed by atoms with van der Waals surface area (Å²) in [6.45, 7) is 5.86. The van der Waals surface area contributed by atoms with Gasteiger partial charge in [0.1, 0.15) is 0 Å². The molecule has 0 spiro atoms. The number of benzene rings is 2. The van der Waals surface area contributed by atoms with Crippen molar-refractivity contribution in [3.63, 3.8) is 0 Å². The molecule has 0 radical (unpaired) electrons. The van der Waals surface area contributed by atoms with Crippen molar-refractivity contribution in [2.75, 3.05) is 18.5 Å². The number of carboxylic acids is 1. The fourth-order valence-electron chi connectivity index (χ4n) is 2.30. The molecule has 0 bridgehead atoms. The molecule has 0 aromatic heterocycles. The van der Waals surface area contributed by atoms with E-state index < -0.39 is 12.6 Å². The molecule has 2 aromatic rings. The van der Waals surface area contributed by atoms with Crippen LogP contribution < -0.4 is 14.8 Å². The van der Waals surface area contributed by atoms with Gasteiger partial charge in [0.05, 0.1) is 12.3 Å². The minimum Gasteiger partial charge on any atom is -0.490 e. The number of carbonyl (C=O) groups is 2. The van der Waals surface area contributed by atoms with Gasteiger partial charge in [-0.05, 0) is 37.3 Å². The molecule has 2 N–H and O–H groups in total. The molecule has 1 amide bonds. The first-order valence-corrected chi connectivity index (χ1v) is 9.47. The quantitative estimate of drug-likeness (QED) is 0.622. The summed E-state index contributed by atoms with van der Waals surface area (Å²) in [5.74, 6) is -0.751. The number of aliphatic carboxylic acids is 1. The van der Waals surface area contributed by atoms with E-state index in [2.05, 4.69) is 19.2 Å². The standard InChI is InChI=1S/C20H23NO5S/c1-4-25-17-11-14(9-10-16(17)26-12-19(22)23)20(24)21-15-7-5-6-8-18(15)27-13(2)3/h5-11,13H,4,12H2,1-3H3,(H,21,24)(H,22,23). The van der Waals surface area contributed by atoms with Crippen molar-refractivity contribution in [3.8, 4) is 11.5 Å². The second-order valence-electron chi connectivity index (χ2n) is 5.89. The normalized spacial score (nSPS) is 10.5. The van der Waals surface area contributed by atoms with Crippen LogP contribution in [-0.4, -0.2) is 35.4 Å². The molecule has 0 aliphatic carbocycles. The Balaban J connectivity index is 2.21. The Labute approximate surface area is 162 Å². The fraction of sp³-hybridized carbons (Fsp3) is 0.300. The molecule has 0 aliphatic rings. The fourth-order valence-corrected chi connectivity index (χ4v) is 3.21. The maximum Gasteiger partial charge on any atom is 0.341 e. The van der Waals surface area contributed by atoms with Gasteiger partial charge in [0.15, 0.2) is 18.1 Å². The van der Waals surface area contributed by atoms with Crippen LogP contribution in [0.2, 0.25) is 0 Å². The Kier molecular flexibility index (Phi) is 7.55. The average molecular weight is 389 g/mol. The molecule has 27 heavy (non-hydrogen) atoms. The Morgan fingerprint density at radius 3 is 2.52 bits per heavy atom. The first kappa shape index (κ1) is 20.6. The molecule has 2 aromatic carbocycles. The minimum absolute atomic E-state index is 0.280. The molecule has 0 unspecified atom stereocenters. The van der Waals surface area contributed by atoms with Crippen molar-refractivity contribution >= 4 is 29.3 Å². The summed E-state index contributed by atoms with van der Waals surface area (Å²) in [5.41, 5.74) is 1.14. The predicted molar refractivity (Wildman–Crippen MR) is 106 cm³/mol. The smallest absolute Gasteiger partial charge is 0.341 e. The van der Waals surface area contributed by atoms with Gasteiger partial charge in [-0.15, -0.1) is 11.8 Å². The molecule has 0 saturated carbocycles. The van der Waals surface area contributed by atoms with E-state index in [9.17, 15) is 9.59 Å². The summed E-state index contributed by atoms with van der Waals surface area (Å²) in [7, 11) is 0. The minimum atomic E-state index is -1.08. The van der Waals surface area contributed by atoms with E-state index in [1.54, 1.807) is 30.8 Å². The van der Waals surface area contributed by atoms with Crippen LogP contribution in [0.1, 0.15) is 31.1 Å². The number of para-hydroxylation sites is 1. The Morgan fingerprint density at radius 2 is 1.85 bits per heavy atom. The molecular weight excluding hydrogens is 366 g/mol. The number of nitrogens with one attached hydrogen (secondary N) is 1. The number of thioether (sulfide) groups is 1. The maximum atomic E-state index is 12.7. The molecule has 0 heterocycles. The van der Waals surface area contributed by atoms with Gasteiger partial charge in [-0.3, -0.25) is 4.79 Å². The Bertz CT molecular complexity index is 807. The zero-order chi connectivity index (χ0) is 19.8. The van der Waals surface area contributed by atoms with Crippen molar-refractivity contribution in [1.82, 2.24) is 0 Å². The van der Waals surface area contributed by atoms with Crippen LogP contribution in [-0.2, 0) is 4.79 Å². The van der Waals surface area contributed by atoms with Gasteiger partial charge >= 0.3 is 5.97 Å². The number of carbonyl (C=O) groups excluding carboxylic acids is 1. The van der Waals surface area contributed by atoms with Crippen molar-refractivity contribution in [2.45, 2.75) is 30.9 Å². The van der Waals surface area contributed by atoms with Gasteiger partial charge in [-0.2, -0.15) is 0 Å². The molecule has 0 saturated heterocycles. The number of rotatable bonds is 9. The van der Waals surface area contributed by atoms with Crippen LogP contribution in [0, 0.1) is 0 Å². The van der Waals surface area contributed by atoms with E-state index in [1.807, 2.05) is 24.3 Å². The van der Waals surface area contributed by atoms with Crippen molar-refractivity contribution in [2.24, 2.45) is 0 Å². The highest BCUT2D eigenvalue weighted by molar-refractivity contribution is 8.00. The molecular formula is C20H23NO5S. The first-order valence-electron chi connectivity index (χ1n) is 8.59. The monoisotopic (exact) mass is 389 g/mol. The molecule has 7 heteroatoms. The van der Waals surface area contributed by atoms with E-state index in [-0.39, 0.29) is 11.7 Å². The van der Waals surface area contributed by atoms with Crippen molar-refractivity contribution < 1.29 is 24.2 Å². The largest absolute Gasteiger partial charge is 0.490 e. The highest BCUT2D eigenvalue weighted by Crippen LogP contribution is 2.32. The van der Waals surface area contributed by atoms with Gasteiger partial charge in [-0.25, -0.2) is 4.79 Å². The van der Waals surface area contributed by atoms with Crippen LogP contribution in [0.25, 0.3) is 0 Å². The second kappa shape index (κ2) is 9.87. The van der Waals surface area contributed by atoms with E-state index in [1.165, 1.54) is 6.07 Å². The lowest BCUT2D eigenvalue weighted by atomic mass is 10.2. The molecule has 0 aliphatic heterocycles. The highest BCUT2D eigenvalue weighted by Gasteiger charge is 2.14. The highest BCUT2D eigenvalue weighted by atomic mass is 32.2. The topological polar surface area (TPSA) is 84.9 Å². The maximum absolute atomic E-state index is 12.7. The van der Waals surface area contributed by atoms with E-state index in [0.29, 0.717) is 23.2 Å². The van der Waals surface area contributed by atoms with Crippen molar-refractivity contribution in [1.29, 1.82) is 0 Å². The third kappa shape index (κ3) is 6.21. The summed E-state index contributed by atoms with van der Waals surface area (Å²) in [6.07, 6.45) is 0. The summed E-state index contributed by atoms with van der Waals surface area (Å²) >= 11 is 1.67. The molecule has 0 atom stereocenters. The Morgan fingerprint density at radius 1 is 1.11 bits per heavy atom. The zero-order valence-electron chi connectivity index (χ0n) is 15.5. The summed E-state index contributed by atoms with van der Waals surface area (Å²) < 4.78 is 10.7. The van der Waals surface area contributed by atoms with Gasteiger partial charge in [-0.1, -0.05) is 26.0 Å². The van der Waals surface area contributed by atoms with Crippen molar-refractivity contribution in [3.05, 3.63) is 48.0 Å². The lowest BCUT2D eigenvalue weighted by Gasteiger charge is -2.14. The number of ether oxygens (including phenoxy) is 2. The number of hydrogen-bond donors (Lipinski definition) is 2. The summed E-state index contributed by atoms with van der Waals surface area (Å²) in [4.78, 5) is 24.4. The van der Waals surface area contributed by atoms with Gasteiger partial charge in [0, 0.05) is 15.7 Å². The van der Waals surface area contributed by atoms with Crippen LogP contribution in [0.3, 0.4) is 0 Å².